The first-order chi connectivity index (χ1) is 8.41. The Morgan fingerprint density at radius 1 is 1.33 bits per heavy atom. The molecule has 0 radical (unpaired) electrons. The predicted molar refractivity (Wildman–Crippen MR) is 64.4 cm³/mol. The lowest BCUT2D eigenvalue weighted by Gasteiger charge is -2.39. The number of urea groups is 1. The molecule has 2 amide bonds. The Morgan fingerprint density at radius 3 is 2.50 bits per heavy atom. The van der Waals surface area contributed by atoms with Crippen LogP contribution >= 0.6 is 0 Å². The van der Waals surface area contributed by atoms with Crippen LogP contribution in [0.1, 0.15) is 32.6 Å². The molecule has 1 heterocycles. The largest absolute Gasteiger partial charge is 0.480 e. The van der Waals surface area contributed by atoms with Crippen molar-refractivity contribution in [3.05, 3.63) is 0 Å². The number of likely N-dealkylation sites (tertiary alicyclic amines) is 1. The molecule has 102 valence electrons. The first kappa shape index (κ1) is 13.1. The van der Waals surface area contributed by atoms with Crippen LogP contribution in [0.5, 0.6) is 0 Å². The summed E-state index contributed by atoms with van der Waals surface area (Å²) < 4.78 is 5.41. The second-order valence-electron chi connectivity index (χ2n) is 5.50. The Labute approximate surface area is 106 Å². The Hall–Kier alpha value is -1.30. The van der Waals surface area contributed by atoms with Gasteiger partial charge in [0.2, 0.25) is 0 Å². The summed E-state index contributed by atoms with van der Waals surface area (Å²) in [5.41, 5.74) is -1.34. The van der Waals surface area contributed by atoms with Gasteiger partial charge in [0.15, 0.2) is 0 Å². The average molecular weight is 256 g/mol. The number of methoxy groups -OCH3 is 1. The highest BCUT2D eigenvalue weighted by molar-refractivity contribution is 5.89. The number of nitrogens with one attached hydrogen (secondary N) is 1. The lowest BCUT2D eigenvalue weighted by atomic mass is 9.95. The van der Waals surface area contributed by atoms with Gasteiger partial charge in [0.25, 0.3) is 0 Å². The van der Waals surface area contributed by atoms with Crippen molar-refractivity contribution in [1.29, 1.82) is 0 Å². The molecule has 1 aliphatic heterocycles. The molecular weight excluding hydrogens is 236 g/mol. The molecule has 0 aromatic rings. The van der Waals surface area contributed by atoms with Crippen molar-refractivity contribution in [3.63, 3.8) is 0 Å². The van der Waals surface area contributed by atoms with Gasteiger partial charge in [0, 0.05) is 13.7 Å². The third kappa shape index (κ3) is 2.43. The number of hydrogen-bond acceptors (Lipinski definition) is 3. The summed E-state index contributed by atoms with van der Waals surface area (Å²) in [4.78, 5) is 24.7. The molecule has 1 saturated carbocycles. The molecule has 18 heavy (non-hydrogen) atoms. The van der Waals surface area contributed by atoms with E-state index in [9.17, 15) is 9.59 Å². The molecule has 1 atom stereocenters. The number of carbonyl (C=O) groups excluding carboxylic acids is 1. The van der Waals surface area contributed by atoms with E-state index in [0.29, 0.717) is 25.9 Å². The van der Waals surface area contributed by atoms with Crippen LogP contribution in [0.25, 0.3) is 0 Å². The van der Waals surface area contributed by atoms with Crippen LogP contribution < -0.4 is 5.32 Å². The van der Waals surface area contributed by atoms with E-state index >= 15 is 0 Å². The number of rotatable bonds is 3. The number of aliphatic carboxylic acids is 1. The first-order valence-electron chi connectivity index (χ1n) is 6.26. The van der Waals surface area contributed by atoms with Gasteiger partial charge in [-0.05, 0) is 32.6 Å². The van der Waals surface area contributed by atoms with Gasteiger partial charge < -0.3 is 20.1 Å². The molecule has 1 aliphatic carbocycles. The first-order valence-corrected chi connectivity index (χ1v) is 6.26. The highest BCUT2D eigenvalue weighted by Crippen LogP contribution is 2.36. The van der Waals surface area contributed by atoms with E-state index in [1.807, 2.05) is 6.92 Å². The molecule has 0 spiro atoms. The second kappa shape index (κ2) is 4.42. The van der Waals surface area contributed by atoms with Crippen LogP contribution in [-0.4, -0.2) is 53.3 Å². The van der Waals surface area contributed by atoms with Crippen LogP contribution in [0.2, 0.25) is 0 Å². The van der Waals surface area contributed by atoms with E-state index < -0.39 is 11.5 Å². The fourth-order valence-corrected chi connectivity index (χ4v) is 2.35. The SMILES string of the molecule is COC1(C)CCCN(C(=O)NC2(C(=O)O)CC2)C1. The number of carboxylic acid groups (broad SMARTS) is 1. The minimum absolute atomic E-state index is 0.294. The van der Waals surface area contributed by atoms with Gasteiger partial charge in [-0.3, -0.25) is 0 Å². The lowest BCUT2D eigenvalue weighted by molar-refractivity contribution is -0.140. The topological polar surface area (TPSA) is 78.9 Å². The molecule has 0 aromatic heterocycles. The fraction of sp³-hybridized carbons (Fsp3) is 0.833. The minimum atomic E-state index is -1.02. The number of nitrogens with zero attached hydrogens (tertiary/aromatic N) is 1. The van der Waals surface area contributed by atoms with E-state index in [0.717, 1.165) is 12.8 Å². The third-order valence-electron chi connectivity index (χ3n) is 3.94. The summed E-state index contributed by atoms with van der Waals surface area (Å²) in [6.45, 7) is 3.13. The summed E-state index contributed by atoms with van der Waals surface area (Å²) in [5, 5.41) is 11.7. The maximum Gasteiger partial charge on any atom is 0.329 e. The maximum atomic E-state index is 12.1. The monoisotopic (exact) mass is 256 g/mol. The Bertz CT molecular complexity index is 367. The molecule has 1 unspecified atom stereocenters. The summed E-state index contributed by atoms with van der Waals surface area (Å²) in [5.74, 6) is -0.942. The Balaban J connectivity index is 1.95. The van der Waals surface area contributed by atoms with Gasteiger partial charge in [-0.2, -0.15) is 0 Å². The van der Waals surface area contributed by atoms with Crippen LogP contribution in [0.4, 0.5) is 4.79 Å². The van der Waals surface area contributed by atoms with Gasteiger partial charge in [-0.25, -0.2) is 9.59 Å². The highest BCUT2D eigenvalue weighted by Gasteiger charge is 2.52. The summed E-state index contributed by atoms with van der Waals surface area (Å²) in [6, 6.07) is -0.294. The number of ether oxygens (including phenoxy) is 1. The smallest absolute Gasteiger partial charge is 0.329 e. The van der Waals surface area contributed by atoms with Crippen molar-refractivity contribution in [1.82, 2.24) is 10.2 Å². The van der Waals surface area contributed by atoms with E-state index in [-0.39, 0.29) is 11.6 Å². The molecule has 2 aliphatic rings. The van der Waals surface area contributed by atoms with E-state index in [2.05, 4.69) is 5.32 Å². The van der Waals surface area contributed by atoms with Crippen molar-refractivity contribution >= 4 is 12.0 Å². The molecule has 2 rings (SSSR count). The van der Waals surface area contributed by atoms with Gasteiger partial charge in [0.1, 0.15) is 5.54 Å². The second-order valence-corrected chi connectivity index (χ2v) is 5.50. The quantitative estimate of drug-likeness (QED) is 0.783. The molecule has 2 N–H and O–H groups in total. The highest BCUT2D eigenvalue weighted by atomic mass is 16.5. The van der Waals surface area contributed by atoms with Crippen molar-refractivity contribution in [2.24, 2.45) is 0 Å². The van der Waals surface area contributed by atoms with Crippen molar-refractivity contribution in [2.45, 2.75) is 43.7 Å². The molecule has 1 saturated heterocycles. The van der Waals surface area contributed by atoms with Crippen LogP contribution in [0.3, 0.4) is 0 Å². The van der Waals surface area contributed by atoms with Crippen LogP contribution in [0, 0.1) is 0 Å². The fourth-order valence-electron chi connectivity index (χ4n) is 2.35. The van der Waals surface area contributed by atoms with Crippen molar-refractivity contribution < 1.29 is 19.4 Å². The molecule has 2 fully saturated rings. The normalized spacial score (nSPS) is 29.8. The number of carbonyl (C=O) groups is 2. The Morgan fingerprint density at radius 2 is 2.00 bits per heavy atom. The predicted octanol–water partition coefficient (Wildman–Crippen LogP) is 0.814. The summed E-state index contributed by atoms with van der Waals surface area (Å²) >= 11 is 0. The standard InChI is InChI=1S/C12H20N2O4/c1-11(18-2)4-3-7-14(8-11)10(17)13-12(5-6-12)9(15)16/h3-8H2,1-2H3,(H,13,17)(H,15,16). The zero-order valence-corrected chi connectivity index (χ0v) is 10.9. The summed E-state index contributed by atoms with van der Waals surface area (Å²) in [7, 11) is 1.64. The third-order valence-corrected chi connectivity index (χ3v) is 3.94. The number of piperidine rings is 1. The molecule has 6 heteroatoms. The van der Waals surface area contributed by atoms with Crippen molar-refractivity contribution in [3.8, 4) is 0 Å². The van der Waals surface area contributed by atoms with Gasteiger partial charge in [-0.15, -0.1) is 0 Å². The van der Waals surface area contributed by atoms with Gasteiger partial charge >= 0.3 is 12.0 Å². The maximum absolute atomic E-state index is 12.1. The molecular formula is C12H20N2O4. The van der Waals surface area contributed by atoms with E-state index in [4.69, 9.17) is 9.84 Å². The van der Waals surface area contributed by atoms with Crippen molar-refractivity contribution in [2.75, 3.05) is 20.2 Å². The van der Waals surface area contributed by atoms with E-state index in [1.165, 1.54) is 0 Å². The number of carboxylic acids is 1. The average Bonchev–Trinajstić information content (AvgIpc) is 3.10. The van der Waals surface area contributed by atoms with Gasteiger partial charge in [0.05, 0.1) is 12.1 Å². The number of hydrogen-bond donors (Lipinski definition) is 2. The van der Waals surface area contributed by atoms with Gasteiger partial charge in [-0.1, -0.05) is 0 Å². The Kier molecular flexibility index (Phi) is 3.23. The zero-order chi connectivity index (χ0) is 13.4. The molecule has 0 aromatic carbocycles. The molecule has 6 nitrogen and oxygen atoms in total. The minimum Gasteiger partial charge on any atom is -0.480 e. The molecule has 0 bridgehead atoms. The van der Waals surface area contributed by atoms with E-state index in [1.54, 1.807) is 12.0 Å². The zero-order valence-electron chi connectivity index (χ0n) is 10.9. The van der Waals surface area contributed by atoms with Crippen LogP contribution in [-0.2, 0) is 9.53 Å². The van der Waals surface area contributed by atoms with Crippen LogP contribution in [0.15, 0.2) is 0 Å². The number of amides is 2. The summed E-state index contributed by atoms with van der Waals surface area (Å²) in [6.07, 6.45) is 2.82. The lowest BCUT2D eigenvalue weighted by Crippen LogP contribution is -2.56.